The van der Waals surface area contributed by atoms with Gasteiger partial charge in [-0.15, -0.1) is 0 Å². The second kappa shape index (κ2) is 5.06. The van der Waals surface area contributed by atoms with Crippen LogP contribution in [0, 0.1) is 5.82 Å². The third-order valence-electron chi connectivity index (χ3n) is 3.26. The monoisotopic (exact) mass is 322 g/mol. The lowest BCUT2D eigenvalue weighted by Crippen LogP contribution is -2.57. The minimum atomic E-state index is -4.06. The maximum atomic E-state index is 13.8. The van der Waals surface area contributed by atoms with Gasteiger partial charge in [0.2, 0.25) is 10.0 Å². The lowest BCUT2D eigenvalue weighted by atomic mass is 10.2. The first-order valence-corrected chi connectivity index (χ1v) is 9.15. The van der Waals surface area contributed by atoms with Gasteiger partial charge in [0.05, 0.1) is 4.90 Å². The maximum absolute atomic E-state index is 13.8. The van der Waals surface area contributed by atoms with Crippen molar-refractivity contribution in [2.75, 3.05) is 26.4 Å². The van der Waals surface area contributed by atoms with Gasteiger partial charge in [-0.05, 0) is 18.2 Å². The summed E-state index contributed by atoms with van der Waals surface area (Å²) in [6.45, 7) is 0.978. The average molecular weight is 322 g/mol. The molecule has 1 aliphatic heterocycles. The van der Waals surface area contributed by atoms with Crippen molar-refractivity contribution < 1.29 is 21.2 Å². The van der Waals surface area contributed by atoms with E-state index in [0.717, 1.165) is 28.8 Å². The van der Waals surface area contributed by atoms with Gasteiger partial charge in [0, 0.05) is 32.4 Å². The summed E-state index contributed by atoms with van der Waals surface area (Å²) in [5.41, 5.74) is 0. The number of hydrogen-bond donors (Lipinski definition) is 1. The van der Waals surface area contributed by atoms with E-state index >= 15 is 0 Å². The Hall–Kier alpha value is -1.03. The third-order valence-corrected chi connectivity index (χ3v) is 6.30. The quantitative estimate of drug-likeness (QED) is 0.778. The van der Waals surface area contributed by atoms with E-state index in [9.17, 15) is 21.2 Å². The van der Waals surface area contributed by atoms with Gasteiger partial charge in [-0.25, -0.2) is 21.2 Å². The predicted octanol–water partition coefficient (Wildman–Crippen LogP) is -0.178. The first-order chi connectivity index (χ1) is 9.14. The normalized spacial score (nSPS) is 17.2. The van der Waals surface area contributed by atoms with Crippen LogP contribution in [0.15, 0.2) is 28.0 Å². The van der Waals surface area contributed by atoms with Gasteiger partial charge in [-0.2, -0.15) is 4.31 Å². The van der Waals surface area contributed by atoms with Crippen molar-refractivity contribution in [1.29, 1.82) is 0 Å². The summed E-state index contributed by atoms with van der Waals surface area (Å²) in [7, 11) is -6.31. The predicted molar refractivity (Wildman–Crippen MR) is 71.1 cm³/mol. The van der Waals surface area contributed by atoms with Gasteiger partial charge in [0.1, 0.15) is 10.7 Å². The minimum Gasteiger partial charge on any atom is -0.313 e. The van der Waals surface area contributed by atoms with Crippen molar-refractivity contribution in [3.63, 3.8) is 0 Å². The van der Waals surface area contributed by atoms with Crippen molar-refractivity contribution in [2.45, 2.75) is 15.8 Å². The third kappa shape index (κ3) is 2.71. The highest BCUT2D eigenvalue weighted by atomic mass is 32.2. The molecule has 112 valence electrons. The van der Waals surface area contributed by atoms with Crippen LogP contribution in [-0.2, 0) is 19.9 Å². The van der Waals surface area contributed by atoms with Crippen molar-refractivity contribution in [1.82, 2.24) is 9.62 Å². The molecule has 2 rings (SSSR count). The van der Waals surface area contributed by atoms with E-state index < -0.39 is 30.6 Å². The molecular weight excluding hydrogens is 307 g/mol. The maximum Gasteiger partial charge on any atom is 0.246 e. The summed E-state index contributed by atoms with van der Waals surface area (Å²) in [5.74, 6) is -0.962. The van der Waals surface area contributed by atoms with Crippen molar-refractivity contribution in [3.05, 3.63) is 24.0 Å². The second-order valence-corrected chi connectivity index (χ2v) is 8.68. The SMILES string of the molecule is CN(C1CNC1)S(=O)(=O)c1cc(S(C)(=O)=O)ccc1F. The molecule has 0 atom stereocenters. The molecule has 0 unspecified atom stereocenters. The van der Waals surface area contributed by atoms with Gasteiger partial charge >= 0.3 is 0 Å². The Morgan fingerprint density at radius 1 is 1.25 bits per heavy atom. The largest absolute Gasteiger partial charge is 0.313 e. The Kier molecular flexibility index (Phi) is 3.89. The van der Waals surface area contributed by atoms with Crippen LogP contribution in [0.3, 0.4) is 0 Å². The molecule has 0 amide bonds. The molecule has 1 N–H and O–H groups in total. The van der Waals surface area contributed by atoms with Crippen LogP contribution >= 0.6 is 0 Å². The highest BCUT2D eigenvalue weighted by Gasteiger charge is 2.33. The summed E-state index contributed by atoms with van der Waals surface area (Å²) in [6.07, 6.45) is 0.941. The molecule has 1 aromatic rings. The van der Waals surface area contributed by atoms with Crippen LogP contribution in [-0.4, -0.2) is 53.6 Å². The Bertz CT molecular complexity index is 727. The molecular formula is C11H15FN2O4S2. The van der Waals surface area contributed by atoms with Gasteiger partial charge < -0.3 is 5.32 Å². The van der Waals surface area contributed by atoms with Crippen molar-refractivity contribution in [2.24, 2.45) is 0 Å². The van der Waals surface area contributed by atoms with Gasteiger partial charge in [0.15, 0.2) is 9.84 Å². The number of halogens is 1. The number of nitrogens with one attached hydrogen (secondary N) is 1. The van der Waals surface area contributed by atoms with Gasteiger partial charge in [-0.1, -0.05) is 0 Å². The van der Waals surface area contributed by atoms with Crippen LogP contribution in [0.5, 0.6) is 0 Å². The Morgan fingerprint density at radius 3 is 2.30 bits per heavy atom. The Morgan fingerprint density at radius 2 is 1.85 bits per heavy atom. The zero-order valence-electron chi connectivity index (χ0n) is 11.0. The average Bonchev–Trinajstić information content (AvgIpc) is 2.25. The summed E-state index contributed by atoms with van der Waals surface area (Å²) in [4.78, 5) is -0.840. The summed E-state index contributed by atoms with van der Waals surface area (Å²) in [6, 6.07) is 2.52. The summed E-state index contributed by atoms with van der Waals surface area (Å²) >= 11 is 0. The van der Waals surface area contributed by atoms with E-state index in [1.807, 2.05) is 0 Å². The fraction of sp³-hybridized carbons (Fsp3) is 0.455. The fourth-order valence-electron chi connectivity index (χ4n) is 1.79. The topological polar surface area (TPSA) is 83.6 Å². The number of sulfonamides is 1. The smallest absolute Gasteiger partial charge is 0.246 e. The molecule has 1 aromatic carbocycles. The molecule has 20 heavy (non-hydrogen) atoms. The zero-order chi connectivity index (χ0) is 15.1. The molecule has 1 saturated heterocycles. The first-order valence-electron chi connectivity index (χ1n) is 5.82. The molecule has 1 aliphatic rings. The molecule has 9 heteroatoms. The first kappa shape index (κ1) is 15.4. The van der Waals surface area contributed by atoms with Crippen LogP contribution < -0.4 is 5.32 Å². The van der Waals surface area contributed by atoms with E-state index in [2.05, 4.69) is 5.32 Å². The molecule has 0 spiro atoms. The number of rotatable bonds is 4. The van der Waals surface area contributed by atoms with Gasteiger partial charge in [-0.3, -0.25) is 0 Å². The second-order valence-electron chi connectivity index (χ2n) is 4.70. The molecule has 0 radical (unpaired) electrons. The number of likely N-dealkylation sites (N-methyl/N-ethyl adjacent to an activating group) is 1. The summed E-state index contributed by atoms with van der Waals surface area (Å²) < 4.78 is 62.4. The Labute approximate surface area is 117 Å². The molecule has 1 heterocycles. The lowest BCUT2D eigenvalue weighted by molar-refractivity contribution is 0.273. The number of benzene rings is 1. The van der Waals surface area contributed by atoms with Gasteiger partial charge in [0.25, 0.3) is 0 Å². The number of nitrogens with zero attached hydrogens (tertiary/aromatic N) is 1. The standard InChI is InChI=1S/C11H15FN2O4S2/c1-14(8-6-13-7-8)20(17,18)11-5-9(19(2,15)16)3-4-10(11)12/h3-5,8,13H,6-7H2,1-2H3. The molecule has 0 bridgehead atoms. The fourth-order valence-corrected chi connectivity index (χ4v) is 3.96. The van der Waals surface area contributed by atoms with Crippen LogP contribution in [0.1, 0.15) is 0 Å². The number of sulfone groups is 1. The molecule has 6 nitrogen and oxygen atoms in total. The minimum absolute atomic E-state index is 0.224. The molecule has 0 aliphatic carbocycles. The van der Waals surface area contributed by atoms with E-state index in [-0.39, 0.29) is 10.9 Å². The van der Waals surface area contributed by atoms with Crippen LogP contribution in [0.4, 0.5) is 4.39 Å². The highest BCUT2D eigenvalue weighted by molar-refractivity contribution is 7.91. The number of hydrogen-bond acceptors (Lipinski definition) is 5. The van der Waals surface area contributed by atoms with Crippen LogP contribution in [0.25, 0.3) is 0 Å². The molecule has 0 saturated carbocycles. The molecule has 1 fully saturated rings. The summed E-state index contributed by atoms with van der Waals surface area (Å²) in [5, 5.41) is 2.92. The van der Waals surface area contributed by atoms with E-state index in [4.69, 9.17) is 0 Å². The van der Waals surface area contributed by atoms with E-state index in [1.165, 1.54) is 7.05 Å². The van der Waals surface area contributed by atoms with Crippen LogP contribution in [0.2, 0.25) is 0 Å². The Balaban J connectivity index is 2.50. The molecule has 0 aromatic heterocycles. The van der Waals surface area contributed by atoms with E-state index in [1.54, 1.807) is 0 Å². The van der Waals surface area contributed by atoms with Crippen molar-refractivity contribution >= 4 is 19.9 Å². The van der Waals surface area contributed by atoms with Crippen molar-refractivity contribution in [3.8, 4) is 0 Å². The van der Waals surface area contributed by atoms with E-state index in [0.29, 0.717) is 13.1 Å². The lowest BCUT2D eigenvalue weighted by Gasteiger charge is -2.34. The zero-order valence-corrected chi connectivity index (χ0v) is 12.6. The highest BCUT2D eigenvalue weighted by Crippen LogP contribution is 2.24.